The van der Waals surface area contributed by atoms with Gasteiger partial charge in [-0.25, -0.2) is 8.42 Å². The topological polar surface area (TPSA) is 75.7 Å². The minimum absolute atomic E-state index is 0.155. The molecule has 0 bridgehead atoms. The number of nitrogens with one attached hydrogen (secondary N) is 1. The zero-order valence-corrected chi connectivity index (χ0v) is 18.1. The molecule has 6 nitrogen and oxygen atoms in total. The second kappa shape index (κ2) is 8.16. The van der Waals surface area contributed by atoms with Crippen LogP contribution in [0.2, 0.25) is 0 Å². The van der Waals surface area contributed by atoms with Crippen LogP contribution in [-0.2, 0) is 21.4 Å². The molecule has 29 heavy (non-hydrogen) atoms. The molecular weight excluding hydrogens is 388 g/mol. The first-order valence-electron chi connectivity index (χ1n) is 9.61. The first-order chi connectivity index (χ1) is 13.5. The van der Waals surface area contributed by atoms with Crippen LogP contribution in [0.4, 0.5) is 0 Å². The van der Waals surface area contributed by atoms with Crippen LogP contribution in [0.25, 0.3) is 0 Å². The SMILES string of the molecule is Cc1ccc(CN(CC(=O)N[C@@H]2CC(C)(C)Oc3ccccc32)S(C)(=O)=O)cc1. The second-order valence-corrected chi connectivity index (χ2v) is 10.2. The van der Waals surface area contributed by atoms with E-state index >= 15 is 0 Å². The van der Waals surface area contributed by atoms with Crippen molar-refractivity contribution in [2.24, 2.45) is 0 Å². The Morgan fingerprint density at radius 2 is 1.83 bits per heavy atom. The standard InChI is InChI=1S/C22H28N2O4S/c1-16-9-11-17(12-10-16)14-24(29(4,26)27)15-21(25)23-19-13-22(2,3)28-20-8-6-5-7-18(19)20/h5-12,19H,13-15H2,1-4H3,(H,23,25)/t19-/m1/s1. The summed E-state index contributed by atoms with van der Waals surface area (Å²) in [5, 5.41) is 3.00. The average Bonchev–Trinajstić information content (AvgIpc) is 2.61. The maximum absolute atomic E-state index is 12.8. The number of hydrogen-bond acceptors (Lipinski definition) is 4. The van der Waals surface area contributed by atoms with Crippen molar-refractivity contribution >= 4 is 15.9 Å². The Morgan fingerprint density at radius 1 is 1.17 bits per heavy atom. The first kappa shape index (κ1) is 21.3. The molecular formula is C22H28N2O4S. The van der Waals surface area contributed by atoms with Gasteiger partial charge in [-0.15, -0.1) is 0 Å². The quantitative estimate of drug-likeness (QED) is 0.785. The number of aryl methyl sites for hydroxylation is 1. The largest absolute Gasteiger partial charge is 0.487 e. The fourth-order valence-corrected chi connectivity index (χ4v) is 4.25. The number of sulfonamides is 1. The summed E-state index contributed by atoms with van der Waals surface area (Å²) < 4.78 is 31.7. The molecule has 2 aromatic rings. The van der Waals surface area contributed by atoms with Gasteiger partial charge < -0.3 is 10.1 Å². The Hall–Kier alpha value is -2.38. The van der Waals surface area contributed by atoms with E-state index in [4.69, 9.17) is 4.74 Å². The van der Waals surface area contributed by atoms with Crippen molar-refractivity contribution in [2.45, 2.75) is 45.4 Å². The van der Waals surface area contributed by atoms with Gasteiger partial charge in [-0.2, -0.15) is 4.31 Å². The Kier molecular flexibility index (Phi) is 6.00. The number of ether oxygens (including phenoxy) is 1. The van der Waals surface area contributed by atoms with Crippen molar-refractivity contribution in [3.05, 3.63) is 65.2 Å². The summed E-state index contributed by atoms with van der Waals surface area (Å²) in [6, 6.07) is 15.0. The highest BCUT2D eigenvalue weighted by molar-refractivity contribution is 7.88. The van der Waals surface area contributed by atoms with Crippen LogP contribution < -0.4 is 10.1 Å². The lowest BCUT2D eigenvalue weighted by atomic mass is 9.89. The van der Waals surface area contributed by atoms with Gasteiger partial charge in [0.25, 0.3) is 0 Å². The van der Waals surface area contributed by atoms with Crippen molar-refractivity contribution < 1.29 is 17.9 Å². The maximum Gasteiger partial charge on any atom is 0.235 e. The molecule has 0 aliphatic carbocycles. The number of fused-ring (bicyclic) bond motifs is 1. The van der Waals surface area contributed by atoms with Crippen LogP contribution in [0.3, 0.4) is 0 Å². The highest BCUT2D eigenvalue weighted by Gasteiger charge is 2.34. The van der Waals surface area contributed by atoms with Crippen LogP contribution in [0.5, 0.6) is 5.75 Å². The molecule has 1 N–H and O–H groups in total. The summed E-state index contributed by atoms with van der Waals surface area (Å²) in [4.78, 5) is 12.8. The molecule has 0 aromatic heterocycles. The summed E-state index contributed by atoms with van der Waals surface area (Å²) in [5.74, 6) is 0.411. The van der Waals surface area contributed by atoms with E-state index in [2.05, 4.69) is 5.32 Å². The number of hydrogen-bond donors (Lipinski definition) is 1. The Balaban J connectivity index is 1.74. The van der Waals surface area contributed by atoms with Crippen molar-refractivity contribution in [3.63, 3.8) is 0 Å². The number of para-hydroxylation sites is 1. The Morgan fingerprint density at radius 3 is 2.48 bits per heavy atom. The third-order valence-electron chi connectivity index (χ3n) is 4.98. The monoisotopic (exact) mass is 416 g/mol. The Bertz CT molecular complexity index is 984. The molecule has 1 heterocycles. The predicted octanol–water partition coefficient (Wildman–Crippen LogP) is 3.18. The van der Waals surface area contributed by atoms with Crippen LogP contribution in [0.15, 0.2) is 48.5 Å². The minimum Gasteiger partial charge on any atom is -0.487 e. The number of amides is 1. The van der Waals surface area contributed by atoms with Crippen LogP contribution in [-0.4, -0.2) is 37.0 Å². The van der Waals surface area contributed by atoms with E-state index in [0.29, 0.717) is 6.42 Å². The van der Waals surface area contributed by atoms with Crippen molar-refractivity contribution in [3.8, 4) is 5.75 Å². The maximum atomic E-state index is 12.8. The predicted molar refractivity (Wildman–Crippen MR) is 113 cm³/mol. The summed E-state index contributed by atoms with van der Waals surface area (Å²) in [7, 11) is -3.54. The molecule has 0 radical (unpaired) electrons. The summed E-state index contributed by atoms with van der Waals surface area (Å²) in [5.41, 5.74) is 2.42. The highest BCUT2D eigenvalue weighted by atomic mass is 32.2. The summed E-state index contributed by atoms with van der Waals surface area (Å²) >= 11 is 0. The van der Waals surface area contributed by atoms with Gasteiger partial charge in [0.15, 0.2) is 0 Å². The number of rotatable bonds is 6. The molecule has 2 aromatic carbocycles. The lowest BCUT2D eigenvalue weighted by Crippen LogP contribution is -2.45. The minimum atomic E-state index is -3.54. The van der Waals surface area contributed by atoms with Crippen molar-refractivity contribution in [1.82, 2.24) is 9.62 Å². The van der Waals surface area contributed by atoms with Gasteiger partial charge in [0, 0.05) is 18.5 Å². The molecule has 0 fully saturated rings. The van der Waals surface area contributed by atoms with E-state index in [9.17, 15) is 13.2 Å². The fraction of sp³-hybridized carbons (Fsp3) is 0.409. The molecule has 1 atom stereocenters. The number of nitrogens with zero attached hydrogens (tertiary/aromatic N) is 1. The van der Waals surface area contributed by atoms with Gasteiger partial charge in [0.05, 0.1) is 18.8 Å². The van der Waals surface area contributed by atoms with E-state index in [0.717, 1.165) is 28.7 Å². The number of carbonyl (C=O) groups excluding carboxylic acids is 1. The average molecular weight is 417 g/mol. The molecule has 7 heteroatoms. The molecule has 0 unspecified atom stereocenters. The summed E-state index contributed by atoms with van der Waals surface area (Å²) in [6.45, 7) is 5.85. The van der Waals surface area contributed by atoms with Gasteiger partial charge in [0.2, 0.25) is 15.9 Å². The smallest absolute Gasteiger partial charge is 0.235 e. The number of benzene rings is 2. The van der Waals surface area contributed by atoms with Gasteiger partial charge >= 0.3 is 0 Å². The van der Waals surface area contributed by atoms with Gasteiger partial charge in [-0.1, -0.05) is 48.0 Å². The molecule has 1 aliphatic rings. The third kappa shape index (κ3) is 5.58. The van der Waals surface area contributed by atoms with Crippen LogP contribution in [0.1, 0.15) is 43.0 Å². The van der Waals surface area contributed by atoms with Crippen LogP contribution in [0, 0.1) is 6.92 Å². The Labute approximate surface area is 172 Å². The molecule has 0 saturated carbocycles. The van der Waals surface area contributed by atoms with E-state index in [1.165, 1.54) is 4.31 Å². The van der Waals surface area contributed by atoms with Crippen molar-refractivity contribution in [1.29, 1.82) is 0 Å². The van der Waals surface area contributed by atoms with Gasteiger partial charge in [-0.05, 0) is 32.4 Å². The molecule has 156 valence electrons. The zero-order chi connectivity index (χ0) is 21.2. The lowest BCUT2D eigenvalue weighted by Gasteiger charge is -2.38. The lowest BCUT2D eigenvalue weighted by molar-refractivity contribution is -0.122. The van der Waals surface area contributed by atoms with E-state index in [-0.39, 0.29) is 25.0 Å². The van der Waals surface area contributed by atoms with Crippen molar-refractivity contribution in [2.75, 3.05) is 12.8 Å². The molecule has 0 saturated heterocycles. The second-order valence-electron chi connectivity index (χ2n) is 8.24. The van der Waals surface area contributed by atoms with Gasteiger partial charge in [0.1, 0.15) is 11.4 Å². The number of carbonyl (C=O) groups is 1. The summed E-state index contributed by atoms with van der Waals surface area (Å²) in [6.07, 6.45) is 1.73. The van der Waals surface area contributed by atoms with Crippen LogP contribution >= 0.6 is 0 Å². The third-order valence-corrected chi connectivity index (χ3v) is 6.18. The molecule has 0 spiro atoms. The van der Waals surface area contributed by atoms with Gasteiger partial charge in [-0.3, -0.25) is 4.79 Å². The van der Waals surface area contributed by atoms with E-state index in [1.807, 2.05) is 69.3 Å². The highest BCUT2D eigenvalue weighted by Crippen LogP contribution is 2.39. The molecule has 3 rings (SSSR count). The van der Waals surface area contributed by atoms with E-state index < -0.39 is 15.6 Å². The normalized spacial score (nSPS) is 18.0. The molecule has 1 aliphatic heterocycles. The zero-order valence-electron chi connectivity index (χ0n) is 17.3. The first-order valence-corrected chi connectivity index (χ1v) is 11.5. The fourth-order valence-electron chi connectivity index (χ4n) is 3.52. The molecule has 1 amide bonds. The van der Waals surface area contributed by atoms with E-state index in [1.54, 1.807) is 0 Å².